The number of methoxy groups -OCH3 is 1. The summed E-state index contributed by atoms with van der Waals surface area (Å²) in [6, 6.07) is 6.11. The van der Waals surface area contributed by atoms with Crippen LogP contribution in [0.4, 0.5) is 0 Å². The summed E-state index contributed by atoms with van der Waals surface area (Å²) < 4.78 is 5.15. The summed E-state index contributed by atoms with van der Waals surface area (Å²) in [5.74, 6) is 0.905. The molecule has 2 heteroatoms. The van der Waals surface area contributed by atoms with Crippen LogP contribution in [-0.2, 0) is 0 Å². The molecule has 0 bridgehead atoms. The molecule has 0 saturated carbocycles. The molecular formula is C10H11NO. The molecule has 2 aromatic rings. The molecule has 2 nitrogen and oxygen atoms in total. The van der Waals surface area contributed by atoms with E-state index in [4.69, 9.17) is 4.74 Å². The minimum atomic E-state index is 0.905. The van der Waals surface area contributed by atoms with Crippen LogP contribution in [0.25, 0.3) is 10.9 Å². The first-order chi connectivity index (χ1) is 5.81. The van der Waals surface area contributed by atoms with Crippen molar-refractivity contribution in [1.82, 2.24) is 4.98 Å². The normalized spacial score (nSPS) is 10.5. The highest BCUT2D eigenvalue weighted by atomic mass is 16.5. The van der Waals surface area contributed by atoms with Crippen LogP contribution in [0.3, 0.4) is 0 Å². The number of aryl methyl sites for hydroxylation is 1. The monoisotopic (exact) mass is 161 g/mol. The van der Waals surface area contributed by atoms with Crippen LogP contribution < -0.4 is 4.74 Å². The lowest BCUT2D eigenvalue weighted by atomic mass is 10.1. The van der Waals surface area contributed by atoms with Crippen LogP contribution in [0.1, 0.15) is 5.56 Å². The van der Waals surface area contributed by atoms with Crippen LogP contribution >= 0.6 is 0 Å². The molecular weight excluding hydrogens is 150 g/mol. The van der Waals surface area contributed by atoms with E-state index in [0.717, 1.165) is 11.3 Å². The lowest BCUT2D eigenvalue weighted by Gasteiger charge is -2.01. The van der Waals surface area contributed by atoms with E-state index < -0.39 is 0 Å². The average Bonchev–Trinajstić information content (AvgIpc) is 2.52. The van der Waals surface area contributed by atoms with Crippen molar-refractivity contribution in [1.29, 1.82) is 0 Å². The number of rotatable bonds is 1. The molecule has 0 amide bonds. The van der Waals surface area contributed by atoms with Crippen molar-refractivity contribution in [2.75, 3.05) is 7.11 Å². The Labute approximate surface area is 71.2 Å². The van der Waals surface area contributed by atoms with E-state index in [1.165, 1.54) is 10.9 Å². The molecule has 1 aromatic heterocycles. The second-order valence-electron chi connectivity index (χ2n) is 2.88. The Bertz CT molecular complexity index is 403. The van der Waals surface area contributed by atoms with E-state index in [2.05, 4.69) is 18.0 Å². The minimum Gasteiger partial charge on any atom is -0.497 e. The van der Waals surface area contributed by atoms with Gasteiger partial charge >= 0.3 is 0 Å². The smallest absolute Gasteiger partial charge is 0.121 e. The van der Waals surface area contributed by atoms with Crippen molar-refractivity contribution in [3.63, 3.8) is 0 Å². The molecule has 0 saturated heterocycles. The summed E-state index contributed by atoms with van der Waals surface area (Å²) in [5, 5.41) is 1.26. The molecule has 1 heterocycles. The maximum atomic E-state index is 5.15. The zero-order valence-electron chi connectivity index (χ0n) is 7.22. The third-order valence-electron chi connectivity index (χ3n) is 2.08. The van der Waals surface area contributed by atoms with E-state index in [1.807, 2.05) is 18.3 Å². The van der Waals surface area contributed by atoms with E-state index in [0.29, 0.717) is 0 Å². The molecule has 12 heavy (non-hydrogen) atoms. The standard InChI is InChI=1S/C10H11NO/c1-7-5-8(12-2)6-10-9(7)3-4-11-10/h3-6,11H,1-2H3. The molecule has 0 radical (unpaired) electrons. The SMILES string of the molecule is COc1cc(C)c2cc[nH]c2c1. The van der Waals surface area contributed by atoms with Crippen molar-refractivity contribution in [2.24, 2.45) is 0 Å². The second-order valence-corrected chi connectivity index (χ2v) is 2.88. The lowest BCUT2D eigenvalue weighted by molar-refractivity contribution is 0.415. The van der Waals surface area contributed by atoms with Crippen molar-refractivity contribution in [3.05, 3.63) is 30.0 Å². The van der Waals surface area contributed by atoms with Crippen molar-refractivity contribution >= 4 is 10.9 Å². The fraction of sp³-hybridized carbons (Fsp3) is 0.200. The maximum absolute atomic E-state index is 5.15. The number of ether oxygens (including phenoxy) is 1. The molecule has 62 valence electrons. The fourth-order valence-corrected chi connectivity index (χ4v) is 1.44. The molecule has 1 N–H and O–H groups in total. The Morgan fingerprint density at radius 1 is 1.33 bits per heavy atom. The molecule has 0 unspecified atom stereocenters. The van der Waals surface area contributed by atoms with Gasteiger partial charge in [0.25, 0.3) is 0 Å². The minimum absolute atomic E-state index is 0.905. The molecule has 0 spiro atoms. The topological polar surface area (TPSA) is 25.0 Å². The predicted molar refractivity (Wildman–Crippen MR) is 49.6 cm³/mol. The van der Waals surface area contributed by atoms with E-state index >= 15 is 0 Å². The number of aromatic nitrogens is 1. The number of hydrogen-bond donors (Lipinski definition) is 1. The first kappa shape index (κ1) is 7.22. The van der Waals surface area contributed by atoms with Gasteiger partial charge in [-0.2, -0.15) is 0 Å². The van der Waals surface area contributed by atoms with Gasteiger partial charge in [0, 0.05) is 23.2 Å². The Balaban J connectivity index is 2.75. The summed E-state index contributed by atoms with van der Waals surface area (Å²) in [6.07, 6.45) is 1.94. The van der Waals surface area contributed by atoms with Gasteiger partial charge < -0.3 is 9.72 Å². The van der Waals surface area contributed by atoms with Gasteiger partial charge in [0.2, 0.25) is 0 Å². The van der Waals surface area contributed by atoms with Gasteiger partial charge in [-0.15, -0.1) is 0 Å². The highest BCUT2D eigenvalue weighted by Gasteiger charge is 2.00. The van der Waals surface area contributed by atoms with Crippen molar-refractivity contribution < 1.29 is 4.74 Å². The summed E-state index contributed by atoms with van der Waals surface area (Å²) in [4.78, 5) is 3.16. The Kier molecular flexibility index (Phi) is 1.54. The second kappa shape index (κ2) is 2.55. The number of hydrogen-bond acceptors (Lipinski definition) is 1. The molecule has 0 fully saturated rings. The third kappa shape index (κ3) is 0.961. The van der Waals surface area contributed by atoms with Crippen LogP contribution in [0.15, 0.2) is 24.4 Å². The zero-order chi connectivity index (χ0) is 8.55. The quantitative estimate of drug-likeness (QED) is 0.682. The van der Waals surface area contributed by atoms with Gasteiger partial charge in [-0.1, -0.05) is 0 Å². The van der Waals surface area contributed by atoms with Gasteiger partial charge in [0.05, 0.1) is 7.11 Å². The Morgan fingerprint density at radius 3 is 2.92 bits per heavy atom. The number of nitrogens with one attached hydrogen (secondary N) is 1. The molecule has 1 aromatic carbocycles. The van der Waals surface area contributed by atoms with Gasteiger partial charge in [0.1, 0.15) is 5.75 Å². The third-order valence-corrected chi connectivity index (χ3v) is 2.08. The van der Waals surface area contributed by atoms with Gasteiger partial charge in [0.15, 0.2) is 0 Å². The summed E-state index contributed by atoms with van der Waals surface area (Å²) in [7, 11) is 1.68. The number of aromatic amines is 1. The molecule has 2 rings (SSSR count). The van der Waals surface area contributed by atoms with Gasteiger partial charge in [-0.25, -0.2) is 0 Å². The average molecular weight is 161 g/mol. The van der Waals surface area contributed by atoms with Crippen LogP contribution in [-0.4, -0.2) is 12.1 Å². The highest BCUT2D eigenvalue weighted by molar-refractivity contribution is 5.84. The number of H-pyrrole nitrogens is 1. The first-order valence-electron chi connectivity index (χ1n) is 3.93. The highest BCUT2D eigenvalue weighted by Crippen LogP contribution is 2.23. The van der Waals surface area contributed by atoms with Crippen molar-refractivity contribution in [3.8, 4) is 5.75 Å². The zero-order valence-corrected chi connectivity index (χ0v) is 7.22. The van der Waals surface area contributed by atoms with Crippen LogP contribution in [0.2, 0.25) is 0 Å². The van der Waals surface area contributed by atoms with Gasteiger partial charge in [-0.05, 0) is 24.6 Å². The largest absolute Gasteiger partial charge is 0.497 e. The molecule has 0 aliphatic rings. The van der Waals surface area contributed by atoms with Crippen LogP contribution in [0.5, 0.6) is 5.75 Å². The van der Waals surface area contributed by atoms with E-state index in [-0.39, 0.29) is 0 Å². The predicted octanol–water partition coefficient (Wildman–Crippen LogP) is 2.48. The maximum Gasteiger partial charge on any atom is 0.121 e. The Morgan fingerprint density at radius 2 is 2.17 bits per heavy atom. The summed E-state index contributed by atoms with van der Waals surface area (Å²) in [5.41, 5.74) is 2.37. The lowest BCUT2D eigenvalue weighted by Crippen LogP contribution is -1.83. The molecule has 0 aliphatic heterocycles. The van der Waals surface area contributed by atoms with Crippen molar-refractivity contribution in [2.45, 2.75) is 6.92 Å². The fourth-order valence-electron chi connectivity index (χ4n) is 1.44. The first-order valence-corrected chi connectivity index (χ1v) is 3.93. The number of fused-ring (bicyclic) bond motifs is 1. The molecule has 0 atom stereocenters. The molecule has 0 aliphatic carbocycles. The summed E-state index contributed by atoms with van der Waals surface area (Å²) in [6.45, 7) is 2.08. The van der Waals surface area contributed by atoms with Gasteiger partial charge in [-0.3, -0.25) is 0 Å². The Hall–Kier alpha value is -1.44. The van der Waals surface area contributed by atoms with E-state index in [1.54, 1.807) is 7.11 Å². The number of benzene rings is 1. The van der Waals surface area contributed by atoms with E-state index in [9.17, 15) is 0 Å². The summed E-state index contributed by atoms with van der Waals surface area (Å²) >= 11 is 0. The van der Waals surface area contributed by atoms with Crippen LogP contribution in [0, 0.1) is 6.92 Å².